The molecule has 1 aliphatic rings. The van der Waals surface area contributed by atoms with Crippen LogP contribution in [0.15, 0.2) is 18.2 Å². The molecular weight excluding hydrogens is 265 g/mol. The molecule has 1 saturated heterocycles. The van der Waals surface area contributed by atoms with Crippen LogP contribution in [0, 0.1) is 17.1 Å². The third kappa shape index (κ3) is 2.69. The number of rotatable bonds is 2. The molecule has 0 bridgehead atoms. The summed E-state index contributed by atoms with van der Waals surface area (Å²) in [5.74, 6) is -1.72. The summed E-state index contributed by atoms with van der Waals surface area (Å²) in [5.41, 5.74) is 0.0722. The monoisotopic (exact) mass is 277 g/mol. The molecule has 1 heterocycles. The van der Waals surface area contributed by atoms with Crippen molar-refractivity contribution in [3.63, 3.8) is 0 Å². The fourth-order valence-electron chi connectivity index (χ4n) is 2.15. The minimum atomic E-state index is -1.05. The molecule has 6 nitrogen and oxygen atoms in total. The van der Waals surface area contributed by atoms with E-state index in [0.717, 1.165) is 6.07 Å². The van der Waals surface area contributed by atoms with Crippen molar-refractivity contribution in [3.8, 4) is 6.07 Å². The quantitative estimate of drug-likeness (QED) is 0.861. The normalized spacial score (nSPS) is 17.6. The lowest BCUT2D eigenvalue weighted by atomic mass is 10.2. The molecule has 2 rings (SSSR count). The summed E-state index contributed by atoms with van der Waals surface area (Å²) in [5, 5.41) is 20.2. The number of carbonyl (C=O) groups is 2. The van der Waals surface area contributed by atoms with Crippen LogP contribution in [0.25, 0.3) is 0 Å². The maximum absolute atomic E-state index is 13.2. The molecule has 104 valence electrons. The fourth-order valence-corrected chi connectivity index (χ4v) is 2.15. The highest BCUT2D eigenvalue weighted by atomic mass is 19.1. The molecule has 0 unspecified atom stereocenters. The molecule has 2 N–H and O–H groups in total. The Morgan fingerprint density at radius 3 is 2.90 bits per heavy atom. The van der Waals surface area contributed by atoms with E-state index in [1.54, 1.807) is 6.07 Å². The number of carbonyl (C=O) groups excluding carboxylic acids is 1. The minimum absolute atomic E-state index is 0.181. The summed E-state index contributed by atoms with van der Waals surface area (Å²) in [6.45, 7) is 0.356. The highest BCUT2D eigenvalue weighted by Gasteiger charge is 2.33. The number of urea groups is 1. The number of anilines is 1. The van der Waals surface area contributed by atoms with Crippen LogP contribution < -0.4 is 5.32 Å². The van der Waals surface area contributed by atoms with E-state index in [0.29, 0.717) is 19.4 Å². The smallest absolute Gasteiger partial charge is 0.326 e. The summed E-state index contributed by atoms with van der Waals surface area (Å²) >= 11 is 0. The fraction of sp³-hybridized carbons (Fsp3) is 0.308. The lowest BCUT2D eigenvalue weighted by Crippen LogP contribution is -2.42. The Hall–Kier alpha value is -2.62. The van der Waals surface area contributed by atoms with Crippen LogP contribution in [0.3, 0.4) is 0 Å². The predicted molar refractivity (Wildman–Crippen MR) is 67.5 cm³/mol. The SMILES string of the molecule is N#Cc1cc(NC(=O)N2CCC[C@@H]2C(=O)O)ccc1F. The first-order valence-electron chi connectivity index (χ1n) is 6.03. The lowest BCUT2D eigenvalue weighted by Gasteiger charge is -2.21. The summed E-state index contributed by atoms with van der Waals surface area (Å²) in [6.07, 6.45) is 1.03. The number of amides is 2. The van der Waals surface area contributed by atoms with E-state index in [-0.39, 0.29) is 11.3 Å². The number of hydrogen-bond acceptors (Lipinski definition) is 3. The Labute approximate surface area is 114 Å². The number of likely N-dealkylation sites (tertiary alicyclic amines) is 1. The Bertz CT molecular complexity index is 597. The Morgan fingerprint density at radius 2 is 2.25 bits per heavy atom. The van der Waals surface area contributed by atoms with Crippen molar-refractivity contribution >= 4 is 17.7 Å². The zero-order valence-electron chi connectivity index (χ0n) is 10.5. The Morgan fingerprint density at radius 1 is 1.50 bits per heavy atom. The molecule has 1 atom stereocenters. The predicted octanol–water partition coefficient (Wildman–Crippen LogP) is 1.78. The topological polar surface area (TPSA) is 93.4 Å². The molecular formula is C13H12FN3O3. The number of hydrogen-bond donors (Lipinski definition) is 2. The van der Waals surface area contributed by atoms with Crippen molar-refractivity contribution in [3.05, 3.63) is 29.6 Å². The average Bonchev–Trinajstić information content (AvgIpc) is 2.90. The number of carboxylic acid groups (broad SMARTS) is 1. The van der Waals surface area contributed by atoms with Gasteiger partial charge >= 0.3 is 12.0 Å². The number of benzene rings is 1. The van der Waals surface area contributed by atoms with Gasteiger partial charge in [0.1, 0.15) is 17.9 Å². The van der Waals surface area contributed by atoms with Gasteiger partial charge in [-0.2, -0.15) is 5.26 Å². The van der Waals surface area contributed by atoms with Gasteiger partial charge in [-0.3, -0.25) is 0 Å². The third-order valence-corrected chi connectivity index (χ3v) is 3.14. The van der Waals surface area contributed by atoms with Crippen molar-refractivity contribution in [2.75, 3.05) is 11.9 Å². The van der Waals surface area contributed by atoms with Gasteiger partial charge < -0.3 is 15.3 Å². The van der Waals surface area contributed by atoms with Gasteiger partial charge in [0, 0.05) is 12.2 Å². The molecule has 0 aromatic heterocycles. The summed E-state index contributed by atoms with van der Waals surface area (Å²) in [7, 11) is 0. The lowest BCUT2D eigenvalue weighted by molar-refractivity contribution is -0.141. The first-order chi connectivity index (χ1) is 9.52. The van der Waals surface area contributed by atoms with Gasteiger partial charge in [-0.25, -0.2) is 14.0 Å². The van der Waals surface area contributed by atoms with Gasteiger partial charge in [0.2, 0.25) is 0 Å². The molecule has 2 amide bonds. The molecule has 0 spiro atoms. The van der Waals surface area contributed by atoms with Crippen LogP contribution in [0.1, 0.15) is 18.4 Å². The van der Waals surface area contributed by atoms with Gasteiger partial charge in [-0.15, -0.1) is 0 Å². The number of nitrogens with one attached hydrogen (secondary N) is 1. The molecule has 20 heavy (non-hydrogen) atoms. The van der Waals surface area contributed by atoms with E-state index in [4.69, 9.17) is 10.4 Å². The van der Waals surface area contributed by atoms with Crippen LogP contribution in [0.2, 0.25) is 0 Å². The maximum atomic E-state index is 13.2. The average molecular weight is 277 g/mol. The number of nitriles is 1. The summed E-state index contributed by atoms with van der Waals surface area (Å²) < 4.78 is 13.2. The zero-order chi connectivity index (χ0) is 14.7. The van der Waals surface area contributed by atoms with E-state index in [9.17, 15) is 14.0 Å². The Kier molecular flexibility index (Phi) is 3.84. The first-order valence-corrected chi connectivity index (χ1v) is 6.03. The second-order valence-corrected chi connectivity index (χ2v) is 4.43. The van der Waals surface area contributed by atoms with E-state index < -0.39 is 23.9 Å². The molecule has 7 heteroatoms. The van der Waals surface area contributed by atoms with Gasteiger partial charge in [0.15, 0.2) is 0 Å². The standard InChI is InChI=1S/C13H12FN3O3/c14-10-4-3-9(6-8(10)7-15)16-13(20)17-5-1-2-11(17)12(18)19/h3-4,6,11H,1-2,5H2,(H,16,20)(H,18,19)/t11-/m1/s1. The van der Waals surface area contributed by atoms with Crippen LogP contribution in [0.4, 0.5) is 14.9 Å². The van der Waals surface area contributed by atoms with E-state index in [1.807, 2.05) is 0 Å². The maximum Gasteiger partial charge on any atom is 0.326 e. The molecule has 0 radical (unpaired) electrons. The number of halogens is 1. The molecule has 1 aliphatic heterocycles. The number of nitrogens with zero attached hydrogens (tertiary/aromatic N) is 2. The molecule has 0 saturated carbocycles. The van der Waals surface area contributed by atoms with Crippen molar-refractivity contribution in [1.29, 1.82) is 5.26 Å². The van der Waals surface area contributed by atoms with Gasteiger partial charge in [0.05, 0.1) is 5.56 Å². The minimum Gasteiger partial charge on any atom is -0.480 e. The third-order valence-electron chi connectivity index (χ3n) is 3.14. The van der Waals surface area contributed by atoms with Crippen LogP contribution in [-0.2, 0) is 4.79 Å². The molecule has 1 aromatic carbocycles. The molecule has 1 aromatic rings. The van der Waals surface area contributed by atoms with Crippen molar-refractivity contribution in [2.24, 2.45) is 0 Å². The largest absolute Gasteiger partial charge is 0.480 e. The second-order valence-electron chi connectivity index (χ2n) is 4.43. The van der Waals surface area contributed by atoms with Gasteiger partial charge in [-0.1, -0.05) is 0 Å². The molecule has 0 aliphatic carbocycles. The number of carboxylic acids is 1. The first kappa shape index (κ1) is 13.8. The van der Waals surface area contributed by atoms with Crippen molar-refractivity contribution in [2.45, 2.75) is 18.9 Å². The second kappa shape index (κ2) is 5.57. The highest BCUT2D eigenvalue weighted by Crippen LogP contribution is 2.20. The van der Waals surface area contributed by atoms with Crippen LogP contribution in [0.5, 0.6) is 0 Å². The highest BCUT2D eigenvalue weighted by molar-refractivity contribution is 5.92. The number of aliphatic carboxylic acids is 1. The molecule has 1 fully saturated rings. The van der Waals surface area contributed by atoms with Crippen LogP contribution >= 0.6 is 0 Å². The van der Waals surface area contributed by atoms with Crippen molar-refractivity contribution in [1.82, 2.24) is 4.90 Å². The summed E-state index contributed by atoms with van der Waals surface area (Å²) in [6, 6.07) is 3.87. The summed E-state index contributed by atoms with van der Waals surface area (Å²) in [4.78, 5) is 24.2. The zero-order valence-corrected chi connectivity index (χ0v) is 10.5. The van der Waals surface area contributed by atoms with E-state index in [2.05, 4.69) is 5.32 Å². The van der Waals surface area contributed by atoms with Crippen LogP contribution in [-0.4, -0.2) is 34.6 Å². The Balaban J connectivity index is 2.12. The van der Waals surface area contributed by atoms with Gasteiger partial charge in [-0.05, 0) is 31.0 Å². The van der Waals surface area contributed by atoms with E-state index >= 15 is 0 Å². The van der Waals surface area contributed by atoms with E-state index in [1.165, 1.54) is 17.0 Å². The van der Waals surface area contributed by atoms with Crippen molar-refractivity contribution < 1.29 is 19.1 Å². The van der Waals surface area contributed by atoms with Gasteiger partial charge in [0.25, 0.3) is 0 Å².